The summed E-state index contributed by atoms with van der Waals surface area (Å²) in [5, 5.41) is 2.66. The van der Waals surface area contributed by atoms with Crippen LogP contribution in [0.3, 0.4) is 0 Å². The maximum absolute atomic E-state index is 13.3. The van der Waals surface area contributed by atoms with Gasteiger partial charge in [-0.15, -0.1) is 0 Å². The van der Waals surface area contributed by atoms with Gasteiger partial charge in [-0.05, 0) is 25.1 Å². The van der Waals surface area contributed by atoms with Crippen molar-refractivity contribution in [3.05, 3.63) is 29.0 Å². The van der Waals surface area contributed by atoms with Crippen LogP contribution >= 0.6 is 11.6 Å². The van der Waals surface area contributed by atoms with E-state index in [1.54, 1.807) is 6.92 Å². The van der Waals surface area contributed by atoms with Gasteiger partial charge in [-0.25, -0.2) is 4.39 Å². The fourth-order valence-electron chi connectivity index (χ4n) is 1.25. The Morgan fingerprint density at radius 3 is 2.78 bits per heavy atom. The van der Waals surface area contributed by atoms with Gasteiger partial charge in [-0.3, -0.25) is 9.59 Å². The number of hydrogen-bond donors (Lipinski definition) is 1. The Balaban J connectivity index is 2.49. The number of benzene rings is 1. The summed E-state index contributed by atoms with van der Waals surface area (Å²) in [7, 11) is 0. The quantitative estimate of drug-likeness (QED) is 0.839. The van der Waals surface area contributed by atoms with Crippen LogP contribution in [0.15, 0.2) is 18.2 Å². The summed E-state index contributed by atoms with van der Waals surface area (Å²) in [6.07, 6.45) is -0.105. The lowest BCUT2D eigenvalue weighted by molar-refractivity contribution is -0.144. The summed E-state index contributed by atoms with van der Waals surface area (Å²) in [5.74, 6) is -1.51. The highest BCUT2D eigenvalue weighted by molar-refractivity contribution is 6.30. The molecule has 1 aromatic carbocycles. The predicted molar refractivity (Wildman–Crippen MR) is 65.9 cm³/mol. The molecule has 0 aliphatic heterocycles. The van der Waals surface area contributed by atoms with E-state index in [0.717, 1.165) is 6.07 Å². The van der Waals surface area contributed by atoms with E-state index in [-0.39, 0.29) is 25.1 Å². The van der Waals surface area contributed by atoms with Gasteiger partial charge in [-0.2, -0.15) is 0 Å². The number of carbonyl (C=O) groups excluding carboxylic acids is 2. The Bertz CT molecular complexity index is 451. The molecule has 4 nitrogen and oxygen atoms in total. The first-order chi connectivity index (χ1) is 8.52. The van der Waals surface area contributed by atoms with Crippen LogP contribution < -0.4 is 5.32 Å². The molecule has 0 aliphatic carbocycles. The zero-order valence-corrected chi connectivity index (χ0v) is 10.6. The molecular weight excluding hydrogens is 261 g/mol. The molecule has 0 fully saturated rings. The zero-order chi connectivity index (χ0) is 13.5. The average Bonchev–Trinajstić information content (AvgIpc) is 2.32. The normalized spacial score (nSPS) is 9.94. The van der Waals surface area contributed by atoms with Gasteiger partial charge in [0.25, 0.3) is 0 Å². The molecule has 0 spiro atoms. The van der Waals surface area contributed by atoms with Gasteiger partial charge < -0.3 is 10.1 Å². The first kappa shape index (κ1) is 14.4. The second kappa shape index (κ2) is 6.96. The minimum absolute atomic E-state index is 0.00337. The number of carbonyl (C=O) groups is 2. The third-order valence-electron chi connectivity index (χ3n) is 2.06. The summed E-state index contributed by atoms with van der Waals surface area (Å²) in [4.78, 5) is 22.5. The van der Waals surface area contributed by atoms with E-state index < -0.39 is 17.7 Å². The molecule has 0 saturated heterocycles. The molecule has 0 atom stereocenters. The number of nitrogens with one attached hydrogen (secondary N) is 1. The summed E-state index contributed by atoms with van der Waals surface area (Å²) in [5.41, 5.74) is -0.00337. The van der Waals surface area contributed by atoms with Crippen molar-refractivity contribution in [1.29, 1.82) is 0 Å². The van der Waals surface area contributed by atoms with Crippen LogP contribution in [-0.4, -0.2) is 18.5 Å². The molecular formula is C12H13ClFNO3. The average molecular weight is 274 g/mol. The van der Waals surface area contributed by atoms with Crippen LogP contribution in [0.1, 0.15) is 19.8 Å². The number of ether oxygens (including phenoxy) is 1. The number of halogens is 2. The number of esters is 1. The fraction of sp³-hybridized carbons (Fsp3) is 0.333. The Morgan fingerprint density at radius 1 is 1.39 bits per heavy atom. The highest BCUT2D eigenvalue weighted by atomic mass is 35.5. The largest absolute Gasteiger partial charge is 0.466 e. The smallest absolute Gasteiger partial charge is 0.306 e. The van der Waals surface area contributed by atoms with E-state index in [9.17, 15) is 14.0 Å². The van der Waals surface area contributed by atoms with Crippen LogP contribution in [0.5, 0.6) is 0 Å². The number of rotatable bonds is 5. The Morgan fingerprint density at radius 2 is 2.11 bits per heavy atom. The molecule has 0 radical (unpaired) electrons. The van der Waals surface area contributed by atoms with Gasteiger partial charge in [-0.1, -0.05) is 11.6 Å². The van der Waals surface area contributed by atoms with Gasteiger partial charge in [0, 0.05) is 11.4 Å². The molecule has 0 saturated carbocycles. The third-order valence-corrected chi connectivity index (χ3v) is 2.30. The summed E-state index contributed by atoms with van der Waals surface area (Å²) < 4.78 is 18.0. The molecule has 1 amide bonds. The third kappa shape index (κ3) is 4.71. The first-order valence-corrected chi connectivity index (χ1v) is 5.81. The number of amides is 1. The molecule has 1 aromatic rings. The Kier molecular flexibility index (Phi) is 5.58. The lowest BCUT2D eigenvalue weighted by Gasteiger charge is -2.06. The fourth-order valence-corrected chi connectivity index (χ4v) is 1.43. The molecule has 0 bridgehead atoms. The lowest BCUT2D eigenvalue weighted by Crippen LogP contribution is -2.15. The topological polar surface area (TPSA) is 55.4 Å². The van der Waals surface area contributed by atoms with Gasteiger partial charge in [0.15, 0.2) is 0 Å². The van der Waals surface area contributed by atoms with Crippen molar-refractivity contribution in [2.45, 2.75) is 19.8 Å². The molecule has 1 N–H and O–H groups in total. The standard InChI is InChI=1S/C12H13ClFNO3/c1-2-18-12(17)6-5-11(16)15-10-7-8(13)3-4-9(10)14/h3-4,7H,2,5-6H2,1H3,(H,15,16). The van der Waals surface area contributed by atoms with Gasteiger partial charge in [0.05, 0.1) is 18.7 Å². The summed E-state index contributed by atoms with van der Waals surface area (Å²) in [6, 6.07) is 3.84. The summed E-state index contributed by atoms with van der Waals surface area (Å²) in [6.45, 7) is 1.95. The number of hydrogen-bond acceptors (Lipinski definition) is 3. The van der Waals surface area contributed by atoms with E-state index in [0.29, 0.717) is 5.02 Å². The van der Waals surface area contributed by atoms with Crippen LogP contribution in [0.2, 0.25) is 5.02 Å². The monoisotopic (exact) mass is 273 g/mol. The molecule has 0 heterocycles. The van der Waals surface area contributed by atoms with Crippen LogP contribution in [0.4, 0.5) is 10.1 Å². The Labute approximate surface area is 109 Å². The second-order valence-corrected chi connectivity index (χ2v) is 3.91. The van der Waals surface area contributed by atoms with E-state index in [4.69, 9.17) is 11.6 Å². The van der Waals surface area contributed by atoms with Crippen molar-refractivity contribution in [1.82, 2.24) is 0 Å². The highest BCUT2D eigenvalue weighted by Crippen LogP contribution is 2.19. The molecule has 18 heavy (non-hydrogen) atoms. The van der Waals surface area contributed by atoms with E-state index in [2.05, 4.69) is 10.1 Å². The van der Waals surface area contributed by atoms with E-state index in [1.165, 1.54) is 12.1 Å². The minimum Gasteiger partial charge on any atom is -0.466 e. The van der Waals surface area contributed by atoms with E-state index in [1.807, 2.05) is 0 Å². The second-order valence-electron chi connectivity index (χ2n) is 3.48. The minimum atomic E-state index is -0.580. The first-order valence-electron chi connectivity index (χ1n) is 5.43. The molecule has 0 unspecified atom stereocenters. The van der Waals surface area contributed by atoms with E-state index >= 15 is 0 Å². The van der Waals surface area contributed by atoms with Gasteiger partial charge >= 0.3 is 5.97 Å². The molecule has 98 valence electrons. The number of anilines is 1. The van der Waals surface area contributed by atoms with Crippen molar-refractivity contribution in [3.8, 4) is 0 Å². The van der Waals surface area contributed by atoms with Crippen LogP contribution in [-0.2, 0) is 14.3 Å². The summed E-state index contributed by atoms with van der Waals surface area (Å²) >= 11 is 5.68. The molecule has 1 rings (SSSR count). The van der Waals surface area contributed by atoms with Crippen molar-refractivity contribution < 1.29 is 18.7 Å². The lowest BCUT2D eigenvalue weighted by atomic mass is 10.2. The van der Waals surface area contributed by atoms with Crippen LogP contribution in [0, 0.1) is 5.82 Å². The molecule has 6 heteroatoms. The highest BCUT2D eigenvalue weighted by Gasteiger charge is 2.10. The van der Waals surface area contributed by atoms with Crippen molar-refractivity contribution in [2.24, 2.45) is 0 Å². The predicted octanol–water partition coefficient (Wildman–Crippen LogP) is 2.76. The Hall–Kier alpha value is -1.62. The maximum Gasteiger partial charge on any atom is 0.306 e. The van der Waals surface area contributed by atoms with Crippen molar-refractivity contribution in [2.75, 3.05) is 11.9 Å². The molecule has 0 aliphatic rings. The maximum atomic E-state index is 13.3. The van der Waals surface area contributed by atoms with Crippen molar-refractivity contribution in [3.63, 3.8) is 0 Å². The van der Waals surface area contributed by atoms with Gasteiger partial charge in [0.2, 0.25) is 5.91 Å². The van der Waals surface area contributed by atoms with Gasteiger partial charge in [0.1, 0.15) is 5.82 Å². The SMILES string of the molecule is CCOC(=O)CCC(=O)Nc1cc(Cl)ccc1F. The molecule has 0 aromatic heterocycles. The van der Waals surface area contributed by atoms with Crippen LogP contribution in [0.25, 0.3) is 0 Å². The van der Waals surface area contributed by atoms with Crippen molar-refractivity contribution >= 4 is 29.2 Å². The zero-order valence-electron chi connectivity index (χ0n) is 9.83.